The molecule has 1 saturated heterocycles. The van der Waals surface area contributed by atoms with Gasteiger partial charge in [-0.1, -0.05) is 38.5 Å². The van der Waals surface area contributed by atoms with Crippen LogP contribution in [0.4, 0.5) is 0 Å². The number of morpholine rings is 1. The van der Waals surface area contributed by atoms with Gasteiger partial charge in [-0.05, 0) is 31.6 Å². The van der Waals surface area contributed by atoms with Crippen molar-refractivity contribution in [1.82, 2.24) is 10.2 Å². The van der Waals surface area contributed by atoms with Gasteiger partial charge < -0.3 is 10.1 Å². The van der Waals surface area contributed by atoms with Gasteiger partial charge >= 0.3 is 0 Å². The maximum absolute atomic E-state index is 12.4. The van der Waals surface area contributed by atoms with Crippen LogP contribution in [-0.4, -0.2) is 49.2 Å². The van der Waals surface area contributed by atoms with Crippen molar-refractivity contribution in [2.75, 3.05) is 32.8 Å². The fourth-order valence-electron chi connectivity index (χ4n) is 4.84. The van der Waals surface area contributed by atoms with E-state index in [9.17, 15) is 4.79 Å². The quantitative estimate of drug-likeness (QED) is 0.845. The van der Waals surface area contributed by atoms with Gasteiger partial charge in [-0.3, -0.25) is 9.69 Å². The van der Waals surface area contributed by atoms with Crippen LogP contribution in [0, 0.1) is 5.92 Å². The number of hydrogen-bond acceptors (Lipinski definition) is 3. The van der Waals surface area contributed by atoms with E-state index in [1.54, 1.807) is 0 Å². The molecule has 132 valence electrons. The van der Waals surface area contributed by atoms with Crippen LogP contribution >= 0.6 is 0 Å². The van der Waals surface area contributed by atoms with Crippen molar-refractivity contribution in [3.63, 3.8) is 0 Å². The number of rotatable bonds is 5. The molecule has 1 amide bonds. The van der Waals surface area contributed by atoms with Crippen molar-refractivity contribution in [3.05, 3.63) is 0 Å². The van der Waals surface area contributed by atoms with Crippen LogP contribution in [0.5, 0.6) is 0 Å². The van der Waals surface area contributed by atoms with Crippen molar-refractivity contribution in [1.29, 1.82) is 0 Å². The molecule has 0 spiro atoms. The highest BCUT2D eigenvalue weighted by Crippen LogP contribution is 2.34. The number of ether oxygens (including phenoxy) is 1. The Morgan fingerprint density at radius 3 is 2.35 bits per heavy atom. The summed E-state index contributed by atoms with van der Waals surface area (Å²) < 4.78 is 5.53. The lowest BCUT2D eigenvalue weighted by molar-refractivity contribution is -0.123. The molecule has 23 heavy (non-hydrogen) atoms. The van der Waals surface area contributed by atoms with Gasteiger partial charge in [0.25, 0.3) is 0 Å². The van der Waals surface area contributed by atoms with E-state index in [4.69, 9.17) is 4.74 Å². The molecule has 4 heteroatoms. The predicted molar refractivity (Wildman–Crippen MR) is 92.4 cm³/mol. The Hall–Kier alpha value is -0.610. The van der Waals surface area contributed by atoms with Crippen LogP contribution in [0.15, 0.2) is 0 Å². The fourth-order valence-corrected chi connectivity index (χ4v) is 4.84. The molecule has 4 nitrogen and oxygen atoms in total. The van der Waals surface area contributed by atoms with E-state index in [-0.39, 0.29) is 11.4 Å². The summed E-state index contributed by atoms with van der Waals surface area (Å²) in [4.78, 5) is 15.0. The molecular formula is C19H34N2O2. The lowest BCUT2D eigenvalue weighted by Crippen LogP contribution is -2.59. The second-order valence-corrected chi connectivity index (χ2v) is 7.87. The number of nitrogens with zero attached hydrogens (tertiary/aromatic N) is 1. The highest BCUT2D eigenvalue weighted by molar-refractivity contribution is 5.76. The molecule has 1 N–H and O–H groups in total. The van der Waals surface area contributed by atoms with Crippen molar-refractivity contribution < 1.29 is 9.53 Å². The molecule has 0 aromatic carbocycles. The van der Waals surface area contributed by atoms with Crippen molar-refractivity contribution >= 4 is 5.91 Å². The van der Waals surface area contributed by atoms with Crippen LogP contribution in [-0.2, 0) is 9.53 Å². The monoisotopic (exact) mass is 322 g/mol. The normalized spacial score (nSPS) is 26.8. The average Bonchev–Trinajstić information content (AvgIpc) is 2.62. The van der Waals surface area contributed by atoms with Gasteiger partial charge in [-0.15, -0.1) is 0 Å². The van der Waals surface area contributed by atoms with Crippen molar-refractivity contribution in [3.8, 4) is 0 Å². The van der Waals surface area contributed by atoms with E-state index in [0.29, 0.717) is 5.92 Å². The van der Waals surface area contributed by atoms with Gasteiger partial charge in [0.15, 0.2) is 0 Å². The first-order valence-corrected chi connectivity index (χ1v) is 9.88. The van der Waals surface area contributed by atoms with Gasteiger partial charge in [-0.2, -0.15) is 0 Å². The molecule has 0 atom stereocenters. The summed E-state index contributed by atoms with van der Waals surface area (Å²) in [6, 6.07) is 0. The molecule has 2 aliphatic carbocycles. The number of carbonyl (C=O) groups is 1. The maximum Gasteiger partial charge on any atom is 0.220 e. The smallest absolute Gasteiger partial charge is 0.220 e. The van der Waals surface area contributed by atoms with E-state index in [0.717, 1.165) is 39.3 Å². The number of nitrogens with one attached hydrogen (secondary N) is 1. The largest absolute Gasteiger partial charge is 0.379 e. The van der Waals surface area contributed by atoms with Crippen LogP contribution in [0.1, 0.15) is 70.6 Å². The molecule has 3 rings (SSSR count). The summed E-state index contributed by atoms with van der Waals surface area (Å²) in [7, 11) is 0. The Bertz CT molecular complexity index is 368. The predicted octanol–water partition coefficient (Wildman–Crippen LogP) is 3.11. The molecule has 3 fully saturated rings. The molecule has 1 aliphatic heterocycles. The average molecular weight is 322 g/mol. The van der Waals surface area contributed by atoms with E-state index in [1.165, 1.54) is 64.2 Å². The summed E-state index contributed by atoms with van der Waals surface area (Å²) in [5.41, 5.74) is 0.199. The summed E-state index contributed by atoms with van der Waals surface area (Å²) in [6.07, 6.45) is 13.7. The molecule has 3 aliphatic rings. The summed E-state index contributed by atoms with van der Waals surface area (Å²) in [6.45, 7) is 4.59. The van der Waals surface area contributed by atoms with Crippen molar-refractivity contribution in [2.45, 2.75) is 76.2 Å². The lowest BCUT2D eigenvalue weighted by atomic mass is 9.79. The third kappa shape index (κ3) is 4.69. The van der Waals surface area contributed by atoms with Crippen molar-refractivity contribution in [2.24, 2.45) is 5.92 Å². The first kappa shape index (κ1) is 17.2. The molecule has 0 aromatic heterocycles. The first-order chi connectivity index (χ1) is 11.3. The van der Waals surface area contributed by atoms with Gasteiger partial charge in [0.2, 0.25) is 5.91 Å². The zero-order valence-corrected chi connectivity index (χ0v) is 14.7. The Morgan fingerprint density at radius 1 is 1.00 bits per heavy atom. The zero-order valence-electron chi connectivity index (χ0n) is 14.7. The topological polar surface area (TPSA) is 41.6 Å². The second kappa shape index (κ2) is 8.48. The van der Waals surface area contributed by atoms with Gasteiger partial charge in [0.05, 0.1) is 13.2 Å². The fraction of sp³-hybridized carbons (Fsp3) is 0.947. The van der Waals surface area contributed by atoms with Crippen LogP contribution in [0.25, 0.3) is 0 Å². The number of amides is 1. The standard InChI is InChI=1S/C19H34N2O2/c22-18(15-17-7-3-1-4-8-17)20-16-19(9-5-2-6-10-19)21-11-13-23-14-12-21/h17H,1-16H2,(H,20,22). The van der Waals surface area contributed by atoms with Crippen LogP contribution < -0.4 is 5.32 Å². The molecular weight excluding hydrogens is 288 g/mol. The Balaban J connectivity index is 1.52. The SMILES string of the molecule is O=C(CC1CCCCC1)NCC1(N2CCOCC2)CCCCC1. The summed E-state index contributed by atoms with van der Waals surface area (Å²) >= 11 is 0. The van der Waals surface area contributed by atoms with E-state index >= 15 is 0 Å². The Labute approximate surface area is 141 Å². The molecule has 1 heterocycles. The van der Waals surface area contributed by atoms with Gasteiger partial charge in [-0.25, -0.2) is 0 Å². The second-order valence-electron chi connectivity index (χ2n) is 7.87. The molecule has 2 saturated carbocycles. The van der Waals surface area contributed by atoms with E-state index in [2.05, 4.69) is 10.2 Å². The molecule has 0 radical (unpaired) electrons. The van der Waals surface area contributed by atoms with E-state index < -0.39 is 0 Å². The summed E-state index contributed by atoms with van der Waals surface area (Å²) in [5, 5.41) is 3.32. The minimum Gasteiger partial charge on any atom is -0.379 e. The van der Waals surface area contributed by atoms with Gasteiger partial charge in [0.1, 0.15) is 0 Å². The third-order valence-corrected chi connectivity index (χ3v) is 6.28. The van der Waals surface area contributed by atoms with E-state index in [1.807, 2.05) is 0 Å². The Morgan fingerprint density at radius 2 is 1.65 bits per heavy atom. The minimum atomic E-state index is 0.199. The third-order valence-electron chi connectivity index (χ3n) is 6.28. The number of hydrogen-bond donors (Lipinski definition) is 1. The van der Waals surface area contributed by atoms with Gasteiger partial charge in [0, 0.05) is 31.6 Å². The highest BCUT2D eigenvalue weighted by Gasteiger charge is 2.38. The van der Waals surface area contributed by atoms with Crippen LogP contribution in [0.3, 0.4) is 0 Å². The lowest BCUT2D eigenvalue weighted by Gasteiger charge is -2.48. The highest BCUT2D eigenvalue weighted by atomic mass is 16.5. The molecule has 0 aromatic rings. The minimum absolute atomic E-state index is 0.199. The zero-order chi connectivity index (χ0) is 16.0. The van der Waals surface area contributed by atoms with Crippen LogP contribution in [0.2, 0.25) is 0 Å². The summed E-state index contributed by atoms with van der Waals surface area (Å²) in [5.74, 6) is 0.921. The maximum atomic E-state index is 12.4. The first-order valence-electron chi connectivity index (χ1n) is 9.88. The molecule has 0 unspecified atom stereocenters. The molecule has 0 bridgehead atoms. The Kier molecular flexibility index (Phi) is 6.35. The number of carbonyl (C=O) groups excluding carboxylic acids is 1.